The van der Waals surface area contributed by atoms with E-state index in [1.54, 1.807) is 17.0 Å². The third-order valence-electron chi connectivity index (χ3n) is 3.88. The fourth-order valence-electron chi connectivity index (χ4n) is 2.63. The van der Waals surface area contributed by atoms with Crippen LogP contribution in [-0.4, -0.2) is 58.5 Å². The molecule has 1 aromatic heterocycles. The number of aromatic amines is 1. The fourth-order valence-corrected chi connectivity index (χ4v) is 2.76. The Labute approximate surface area is 139 Å². The molecule has 1 aliphatic heterocycles. The molecule has 2 N–H and O–H groups in total. The normalized spacial score (nSPS) is 18.7. The van der Waals surface area contributed by atoms with Gasteiger partial charge >= 0.3 is 0 Å². The monoisotopic (exact) mass is 335 g/mol. The first-order chi connectivity index (χ1) is 11.1. The van der Waals surface area contributed by atoms with Gasteiger partial charge in [-0.25, -0.2) is 0 Å². The lowest BCUT2D eigenvalue weighted by Gasteiger charge is -2.20. The topological polar surface area (TPSA) is 78.5 Å². The molecule has 1 fully saturated rings. The van der Waals surface area contributed by atoms with E-state index in [1.165, 1.54) is 0 Å². The van der Waals surface area contributed by atoms with Crippen molar-refractivity contribution in [3.63, 3.8) is 0 Å². The van der Waals surface area contributed by atoms with Gasteiger partial charge in [0, 0.05) is 29.2 Å². The second kappa shape index (κ2) is 6.70. The van der Waals surface area contributed by atoms with Gasteiger partial charge in [-0.1, -0.05) is 23.7 Å². The number of amides is 1. The summed E-state index contributed by atoms with van der Waals surface area (Å²) in [6, 6.07) is 7.30. The van der Waals surface area contributed by atoms with Gasteiger partial charge in [0.05, 0.1) is 25.0 Å². The van der Waals surface area contributed by atoms with Crippen LogP contribution in [0.25, 0.3) is 11.3 Å². The Bertz CT molecular complexity index is 699. The number of halogens is 1. The van der Waals surface area contributed by atoms with Gasteiger partial charge in [0.1, 0.15) is 5.69 Å². The zero-order valence-electron chi connectivity index (χ0n) is 12.8. The molecule has 2 aromatic rings. The molecular formula is C16H18ClN3O3. The number of H-pyrrole nitrogens is 1. The summed E-state index contributed by atoms with van der Waals surface area (Å²) in [6.07, 6.45) is -0.666. The molecule has 0 saturated carbocycles. The summed E-state index contributed by atoms with van der Waals surface area (Å²) in [4.78, 5) is 14.3. The van der Waals surface area contributed by atoms with E-state index in [4.69, 9.17) is 16.3 Å². The minimum atomic E-state index is -0.666. The quantitative estimate of drug-likeness (QED) is 0.878. The van der Waals surface area contributed by atoms with E-state index in [0.29, 0.717) is 23.9 Å². The van der Waals surface area contributed by atoms with Gasteiger partial charge in [0.2, 0.25) is 0 Å². The fraction of sp³-hybridized carbons (Fsp3) is 0.375. The van der Waals surface area contributed by atoms with Crippen molar-refractivity contribution in [2.75, 3.05) is 26.3 Å². The number of hydrogen-bond acceptors (Lipinski definition) is 4. The number of hydrogen-bond donors (Lipinski definition) is 2. The van der Waals surface area contributed by atoms with Gasteiger partial charge in [-0.05, 0) is 19.1 Å². The number of rotatable bonds is 2. The Morgan fingerprint density at radius 3 is 2.91 bits per heavy atom. The first kappa shape index (κ1) is 16.0. The Balaban J connectivity index is 1.86. The summed E-state index contributed by atoms with van der Waals surface area (Å²) in [6.45, 7) is 3.23. The lowest BCUT2D eigenvalue weighted by atomic mass is 10.1. The highest BCUT2D eigenvalue weighted by Gasteiger charge is 2.25. The molecule has 1 atom stereocenters. The lowest BCUT2D eigenvalue weighted by Crippen LogP contribution is -2.38. The molecule has 1 unspecified atom stereocenters. The number of carbonyl (C=O) groups is 1. The largest absolute Gasteiger partial charge is 0.389 e. The highest BCUT2D eigenvalue weighted by molar-refractivity contribution is 6.30. The lowest BCUT2D eigenvalue weighted by molar-refractivity contribution is 0.0532. The van der Waals surface area contributed by atoms with Crippen LogP contribution >= 0.6 is 11.6 Å². The van der Waals surface area contributed by atoms with E-state index in [0.717, 1.165) is 16.8 Å². The highest BCUT2D eigenvalue weighted by atomic mass is 35.5. The zero-order valence-corrected chi connectivity index (χ0v) is 13.5. The van der Waals surface area contributed by atoms with E-state index in [-0.39, 0.29) is 19.1 Å². The summed E-state index contributed by atoms with van der Waals surface area (Å²) in [5, 5.41) is 17.5. The van der Waals surface area contributed by atoms with Crippen LogP contribution in [0, 0.1) is 6.92 Å². The standard InChI is InChI=1S/C16H18ClN3O3/c1-10-14(11-2-4-12(17)5-3-11)18-19-15(10)16(22)20-6-7-23-9-13(21)8-20/h2-5,13,21H,6-9H2,1H3,(H,18,19). The van der Waals surface area contributed by atoms with Crippen LogP contribution in [0.5, 0.6) is 0 Å². The smallest absolute Gasteiger partial charge is 0.272 e. The summed E-state index contributed by atoms with van der Waals surface area (Å²) >= 11 is 5.90. The molecule has 0 aliphatic carbocycles. The van der Waals surface area contributed by atoms with Gasteiger partial charge in [0.15, 0.2) is 0 Å². The minimum absolute atomic E-state index is 0.181. The highest BCUT2D eigenvalue weighted by Crippen LogP contribution is 2.25. The average Bonchev–Trinajstić information content (AvgIpc) is 2.77. The van der Waals surface area contributed by atoms with E-state index in [2.05, 4.69) is 10.2 Å². The van der Waals surface area contributed by atoms with E-state index >= 15 is 0 Å². The van der Waals surface area contributed by atoms with Gasteiger partial charge in [0.25, 0.3) is 5.91 Å². The van der Waals surface area contributed by atoms with Gasteiger partial charge in [-0.15, -0.1) is 0 Å². The number of ether oxygens (including phenoxy) is 1. The molecular weight excluding hydrogens is 318 g/mol. The molecule has 7 heteroatoms. The third kappa shape index (κ3) is 3.39. The molecule has 1 aromatic carbocycles. The first-order valence-corrected chi connectivity index (χ1v) is 7.80. The molecule has 2 heterocycles. The first-order valence-electron chi connectivity index (χ1n) is 7.42. The van der Waals surface area contributed by atoms with Gasteiger partial charge in [-0.3, -0.25) is 9.89 Å². The van der Waals surface area contributed by atoms with Crippen molar-refractivity contribution in [2.24, 2.45) is 0 Å². The molecule has 0 bridgehead atoms. The zero-order chi connectivity index (χ0) is 16.4. The molecule has 1 aliphatic rings. The van der Waals surface area contributed by atoms with Crippen molar-refractivity contribution >= 4 is 17.5 Å². The Morgan fingerprint density at radius 2 is 2.17 bits per heavy atom. The number of carbonyl (C=O) groups excluding carboxylic acids is 1. The third-order valence-corrected chi connectivity index (χ3v) is 4.13. The van der Waals surface area contributed by atoms with Crippen molar-refractivity contribution in [1.82, 2.24) is 15.1 Å². The van der Waals surface area contributed by atoms with Gasteiger partial charge < -0.3 is 14.7 Å². The maximum Gasteiger partial charge on any atom is 0.272 e. The molecule has 23 heavy (non-hydrogen) atoms. The molecule has 1 saturated heterocycles. The van der Waals surface area contributed by atoms with Crippen LogP contribution in [0.3, 0.4) is 0 Å². The van der Waals surface area contributed by atoms with Crippen LogP contribution in [0.2, 0.25) is 5.02 Å². The second-order valence-electron chi connectivity index (χ2n) is 5.56. The molecule has 3 rings (SSSR count). The molecule has 1 amide bonds. The summed E-state index contributed by atoms with van der Waals surface area (Å²) in [5.41, 5.74) is 2.82. The van der Waals surface area contributed by atoms with E-state index in [1.807, 2.05) is 19.1 Å². The van der Waals surface area contributed by atoms with Gasteiger partial charge in [-0.2, -0.15) is 5.10 Å². The second-order valence-corrected chi connectivity index (χ2v) is 6.00. The number of aliphatic hydroxyl groups is 1. The van der Waals surface area contributed by atoms with Crippen LogP contribution in [0.4, 0.5) is 0 Å². The number of aromatic nitrogens is 2. The Kier molecular flexibility index (Phi) is 4.66. The number of benzene rings is 1. The minimum Gasteiger partial charge on any atom is -0.389 e. The van der Waals surface area contributed by atoms with Crippen LogP contribution in [-0.2, 0) is 4.74 Å². The summed E-state index contributed by atoms with van der Waals surface area (Å²) in [5.74, 6) is -0.181. The SMILES string of the molecule is Cc1c(-c2ccc(Cl)cc2)n[nH]c1C(=O)N1CCOCC(O)C1. The van der Waals surface area contributed by atoms with Crippen LogP contribution < -0.4 is 0 Å². The molecule has 0 radical (unpaired) electrons. The summed E-state index contributed by atoms with van der Waals surface area (Å²) in [7, 11) is 0. The number of aliphatic hydroxyl groups excluding tert-OH is 1. The maximum atomic E-state index is 12.7. The Morgan fingerprint density at radius 1 is 1.43 bits per heavy atom. The van der Waals surface area contributed by atoms with Crippen LogP contribution in [0.15, 0.2) is 24.3 Å². The van der Waals surface area contributed by atoms with Crippen molar-refractivity contribution in [3.05, 3.63) is 40.5 Å². The van der Waals surface area contributed by atoms with E-state index < -0.39 is 6.10 Å². The predicted octanol–water partition coefficient (Wildman–Crippen LogP) is 1.87. The summed E-state index contributed by atoms with van der Waals surface area (Å²) < 4.78 is 5.26. The molecule has 6 nitrogen and oxygen atoms in total. The van der Waals surface area contributed by atoms with Crippen molar-refractivity contribution in [3.8, 4) is 11.3 Å². The Hall–Kier alpha value is -1.89. The maximum absolute atomic E-state index is 12.7. The van der Waals surface area contributed by atoms with Crippen LogP contribution in [0.1, 0.15) is 16.1 Å². The number of β-amino-alcohol motifs (C(OH)–C–C–N with tert-alkyl or cyclic N) is 1. The van der Waals surface area contributed by atoms with Crippen molar-refractivity contribution < 1.29 is 14.6 Å². The number of nitrogens with one attached hydrogen (secondary N) is 1. The molecule has 122 valence electrons. The van der Waals surface area contributed by atoms with E-state index in [9.17, 15) is 9.90 Å². The molecule has 0 spiro atoms. The predicted molar refractivity (Wildman–Crippen MR) is 86.5 cm³/mol. The van der Waals surface area contributed by atoms with Crippen molar-refractivity contribution in [1.29, 1.82) is 0 Å². The van der Waals surface area contributed by atoms with Crippen molar-refractivity contribution in [2.45, 2.75) is 13.0 Å². The average molecular weight is 336 g/mol. The number of nitrogens with zero attached hydrogens (tertiary/aromatic N) is 2.